The Morgan fingerprint density at radius 2 is 2.10 bits per heavy atom. The molecule has 0 spiro atoms. The number of pyridine rings is 1. The molecule has 2 amide bonds. The van der Waals surface area contributed by atoms with Crippen molar-refractivity contribution in [3.8, 4) is 0 Å². The fourth-order valence-electron chi connectivity index (χ4n) is 2.12. The fraction of sp³-hybridized carbons (Fsp3) is 0.500. The Balaban J connectivity index is 2.27. The minimum atomic E-state index is -0.768. The Hall–Kier alpha value is -1.98. The summed E-state index contributed by atoms with van der Waals surface area (Å²) < 4.78 is 19.0. The number of amides is 2. The lowest BCUT2D eigenvalue weighted by molar-refractivity contribution is -0.153. The van der Waals surface area contributed by atoms with Crippen LogP contribution in [0.25, 0.3) is 0 Å². The van der Waals surface area contributed by atoms with Gasteiger partial charge in [0.2, 0.25) is 5.91 Å². The lowest BCUT2D eigenvalue weighted by atomic mass is 9.86. The zero-order chi connectivity index (χ0) is 15.1. The highest BCUT2D eigenvalue weighted by molar-refractivity contribution is 5.99. The third-order valence-corrected chi connectivity index (χ3v) is 3.04. The molecule has 1 aliphatic rings. The topological polar surface area (TPSA) is 59.5 Å². The lowest BCUT2D eigenvalue weighted by Crippen LogP contribution is -2.57. The van der Waals surface area contributed by atoms with Gasteiger partial charge in [0.15, 0.2) is 0 Å². The first-order valence-corrected chi connectivity index (χ1v) is 6.39. The van der Waals surface area contributed by atoms with E-state index in [1.54, 1.807) is 27.7 Å². The summed E-state index contributed by atoms with van der Waals surface area (Å²) >= 11 is 0. The molecule has 5 nitrogen and oxygen atoms in total. The second-order valence-corrected chi connectivity index (χ2v) is 5.79. The van der Waals surface area contributed by atoms with Crippen molar-refractivity contribution in [1.82, 2.24) is 9.88 Å². The van der Waals surface area contributed by atoms with Crippen molar-refractivity contribution in [2.24, 2.45) is 5.92 Å². The standard InChI is InChI=1S/C14H17FN2O3/c1-8-11(10-9(15)6-5-7-16-10)17(12(8)18)13(19)20-14(2,3)4/h5-8,11H,1-4H3/t8-,11-/m1/s1. The van der Waals surface area contributed by atoms with Gasteiger partial charge in [-0.2, -0.15) is 0 Å². The summed E-state index contributed by atoms with van der Waals surface area (Å²) in [6.07, 6.45) is 0.664. The van der Waals surface area contributed by atoms with Gasteiger partial charge < -0.3 is 4.74 Å². The summed E-state index contributed by atoms with van der Waals surface area (Å²) in [7, 11) is 0. The lowest BCUT2D eigenvalue weighted by Gasteiger charge is -2.43. The highest BCUT2D eigenvalue weighted by Crippen LogP contribution is 2.40. The maximum Gasteiger partial charge on any atom is 0.417 e. The van der Waals surface area contributed by atoms with Crippen LogP contribution in [0.15, 0.2) is 18.3 Å². The van der Waals surface area contributed by atoms with E-state index < -0.39 is 29.5 Å². The van der Waals surface area contributed by atoms with E-state index in [2.05, 4.69) is 4.98 Å². The highest BCUT2D eigenvalue weighted by atomic mass is 19.1. The minimum absolute atomic E-state index is 0.0884. The van der Waals surface area contributed by atoms with Gasteiger partial charge >= 0.3 is 6.09 Å². The normalized spacial score (nSPS) is 22.4. The third-order valence-electron chi connectivity index (χ3n) is 3.04. The Morgan fingerprint density at radius 3 is 2.65 bits per heavy atom. The van der Waals surface area contributed by atoms with Gasteiger partial charge in [0.05, 0.1) is 17.7 Å². The second-order valence-electron chi connectivity index (χ2n) is 5.79. The predicted molar refractivity (Wildman–Crippen MR) is 69.2 cm³/mol. The van der Waals surface area contributed by atoms with E-state index in [-0.39, 0.29) is 11.6 Å². The first-order valence-electron chi connectivity index (χ1n) is 6.39. The molecule has 2 heterocycles. The van der Waals surface area contributed by atoms with Crippen LogP contribution in [0.2, 0.25) is 0 Å². The summed E-state index contributed by atoms with van der Waals surface area (Å²) in [5, 5.41) is 0. The maximum absolute atomic E-state index is 13.8. The van der Waals surface area contributed by atoms with E-state index in [9.17, 15) is 14.0 Å². The number of ether oxygens (including phenoxy) is 1. The molecule has 20 heavy (non-hydrogen) atoms. The van der Waals surface area contributed by atoms with Crippen LogP contribution in [0.3, 0.4) is 0 Å². The first kappa shape index (κ1) is 14.4. The summed E-state index contributed by atoms with van der Waals surface area (Å²) in [5.74, 6) is -1.41. The Labute approximate surface area is 116 Å². The number of carbonyl (C=O) groups is 2. The maximum atomic E-state index is 13.8. The second kappa shape index (κ2) is 4.85. The van der Waals surface area contributed by atoms with Crippen LogP contribution < -0.4 is 0 Å². The number of carbonyl (C=O) groups excluding carboxylic acids is 2. The van der Waals surface area contributed by atoms with Gasteiger partial charge in [-0.15, -0.1) is 0 Å². The zero-order valence-electron chi connectivity index (χ0n) is 11.9. The van der Waals surface area contributed by atoms with Gasteiger partial charge in [0.1, 0.15) is 11.4 Å². The van der Waals surface area contributed by atoms with Crippen molar-refractivity contribution in [2.75, 3.05) is 0 Å². The monoisotopic (exact) mass is 280 g/mol. The van der Waals surface area contributed by atoms with Crippen LogP contribution in [-0.2, 0) is 9.53 Å². The molecule has 6 heteroatoms. The van der Waals surface area contributed by atoms with Crippen molar-refractivity contribution in [2.45, 2.75) is 39.3 Å². The number of aromatic nitrogens is 1. The van der Waals surface area contributed by atoms with Crippen molar-refractivity contribution < 1.29 is 18.7 Å². The molecule has 0 aromatic carbocycles. The zero-order valence-corrected chi connectivity index (χ0v) is 11.9. The number of hydrogen-bond donors (Lipinski definition) is 0. The third kappa shape index (κ3) is 2.50. The molecule has 2 atom stereocenters. The summed E-state index contributed by atoms with van der Waals surface area (Å²) in [6.45, 7) is 6.75. The van der Waals surface area contributed by atoms with E-state index >= 15 is 0 Å². The minimum Gasteiger partial charge on any atom is -0.443 e. The van der Waals surface area contributed by atoms with Crippen molar-refractivity contribution >= 4 is 12.0 Å². The van der Waals surface area contributed by atoms with Gasteiger partial charge in [-0.25, -0.2) is 14.1 Å². The molecule has 1 aromatic heterocycles. The molecular weight excluding hydrogens is 263 g/mol. The quantitative estimate of drug-likeness (QED) is 0.742. The Bertz CT molecular complexity index is 554. The summed E-state index contributed by atoms with van der Waals surface area (Å²) in [5.41, 5.74) is -0.630. The average molecular weight is 280 g/mol. The molecule has 1 fully saturated rings. The van der Waals surface area contributed by atoms with Crippen molar-refractivity contribution in [1.29, 1.82) is 0 Å². The number of nitrogens with zero attached hydrogens (tertiary/aromatic N) is 2. The molecule has 0 N–H and O–H groups in total. The average Bonchev–Trinajstić information content (AvgIpc) is 2.33. The van der Waals surface area contributed by atoms with Crippen molar-refractivity contribution in [3.05, 3.63) is 29.8 Å². The van der Waals surface area contributed by atoms with E-state index in [1.807, 2.05) is 0 Å². The molecule has 1 aromatic rings. The van der Waals surface area contributed by atoms with Gasteiger partial charge in [-0.1, -0.05) is 6.92 Å². The SMILES string of the molecule is C[C@H]1C(=O)N(C(=O)OC(C)(C)C)[C@H]1c1ncccc1F. The summed E-state index contributed by atoms with van der Waals surface area (Å²) in [4.78, 5) is 28.8. The number of imide groups is 1. The van der Waals surface area contributed by atoms with Gasteiger partial charge in [-0.05, 0) is 32.9 Å². The van der Waals surface area contributed by atoms with Gasteiger partial charge in [0, 0.05) is 6.20 Å². The molecule has 2 rings (SSSR count). The van der Waals surface area contributed by atoms with Crippen LogP contribution in [0.1, 0.15) is 39.4 Å². The molecule has 1 aliphatic heterocycles. The number of rotatable bonds is 1. The number of likely N-dealkylation sites (tertiary alicyclic amines) is 1. The molecule has 0 radical (unpaired) electrons. The van der Waals surface area contributed by atoms with Crippen LogP contribution in [0, 0.1) is 11.7 Å². The molecule has 0 aliphatic carbocycles. The van der Waals surface area contributed by atoms with Crippen LogP contribution in [0.4, 0.5) is 9.18 Å². The molecule has 108 valence electrons. The van der Waals surface area contributed by atoms with E-state index in [0.29, 0.717) is 0 Å². The van der Waals surface area contributed by atoms with Crippen LogP contribution >= 0.6 is 0 Å². The number of β-lactam (4-membered cyclic amide) rings is 1. The molecule has 0 bridgehead atoms. The fourth-order valence-corrected chi connectivity index (χ4v) is 2.12. The van der Waals surface area contributed by atoms with E-state index in [4.69, 9.17) is 4.74 Å². The van der Waals surface area contributed by atoms with Gasteiger partial charge in [-0.3, -0.25) is 9.78 Å². The van der Waals surface area contributed by atoms with E-state index in [1.165, 1.54) is 18.3 Å². The van der Waals surface area contributed by atoms with Crippen LogP contribution in [-0.4, -0.2) is 27.5 Å². The molecular formula is C14H17FN2O3. The number of halogens is 1. The predicted octanol–water partition coefficient (Wildman–Crippen LogP) is 2.68. The number of hydrogen-bond acceptors (Lipinski definition) is 4. The Morgan fingerprint density at radius 1 is 1.45 bits per heavy atom. The largest absolute Gasteiger partial charge is 0.443 e. The smallest absolute Gasteiger partial charge is 0.417 e. The Kier molecular flexibility index (Phi) is 3.50. The van der Waals surface area contributed by atoms with Crippen molar-refractivity contribution in [3.63, 3.8) is 0 Å². The summed E-state index contributed by atoms with van der Waals surface area (Å²) in [6, 6.07) is 2.01. The molecule has 1 saturated heterocycles. The first-order chi connectivity index (χ1) is 9.22. The van der Waals surface area contributed by atoms with Gasteiger partial charge in [0.25, 0.3) is 0 Å². The molecule has 0 saturated carbocycles. The highest BCUT2D eigenvalue weighted by Gasteiger charge is 2.51. The molecule has 0 unspecified atom stereocenters. The van der Waals surface area contributed by atoms with Crippen LogP contribution in [0.5, 0.6) is 0 Å². The van der Waals surface area contributed by atoms with E-state index in [0.717, 1.165) is 4.90 Å².